The van der Waals surface area contributed by atoms with Gasteiger partial charge in [0.2, 0.25) is 15.9 Å². The summed E-state index contributed by atoms with van der Waals surface area (Å²) in [6.07, 6.45) is -4.88. The molecule has 0 heterocycles. The van der Waals surface area contributed by atoms with Crippen LogP contribution in [0.2, 0.25) is 0 Å². The molecule has 0 radical (unpaired) electrons. The maximum Gasteiger partial charge on any atom is 0.417 e. The minimum Gasteiger partial charge on any atom is -0.345 e. The fourth-order valence-corrected chi connectivity index (χ4v) is 3.95. The highest BCUT2D eigenvalue weighted by Crippen LogP contribution is 2.33. The molecule has 2 amide bonds. The van der Waals surface area contributed by atoms with Crippen molar-refractivity contribution in [2.45, 2.75) is 24.0 Å². The van der Waals surface area contributed by atoms with Crippen LogP contribution in [0.15, 0.2) is 53.4 Å². The zero-order valence-corrected chi connectivity index (χ0v) is 17.1. The Hall–Kier alpha value is -2.92. The Balaban J connectivity index is 2.19. The number of hydrogen-bond donors (Lipinski definition) is 2. The third kappa shape index (κ3) is 5.57. The van der Waals surface area contributed by atoms with Crippen molar-refractivity contribution >= 4 is 27.5 Å². The van der Waals surface area contributed by atoms with Gasteiger partial charge in [0.15, 0.2) is 0 Å². The molecule has 0 aliphatic carbocycles. The number of carbonyl (C=O) groups is 2. The molecule has 1 atom stereocenters. The fourth-order valence-electron chi connectivity index (χ4n) is 2.52. The summed E-state index contributed by atoms with van der Waals surface area (Å²) < 4.78 is 66.2. The van der Waals surface area contributed by atoms with E-state index in [9.17, 15) is 31.2 Å². The van der Waals surface area contributed by atoms with E-state index in [0.717, 1.165) is 18.2 Å². The van der Waals surface area contributed by atoms with Gasteiger partial charge >= 0.3 is 6.18 Å². The Morgan fingerprint density at radius 1 is 1.03 bits per heavy atom. The lowest BCUT2D eigenvalue weighted by atomic mass is 10.1. The maximum absolute atomic E-state index is 13.1. The third-order valence-electron chi connectivity index (χ3n) is 3.99. The molecule has 0 saturated carbocycles. The Kier molecular flexibility index (Phi) is 6.88. The number of carbonyl (C=O) groups excluding carboxylic acids is 2. The minimum atomic E-state index is -4.88. The zero-order chi connectivity index (χ0) is 22.7. The summed E-state index contributed by atoms with van der Waals surface area (Å²) in [6.45, 7) is 1.19. The second-order valence-electron chi connectivity index (χ2n) is 6.61. The van der Waals surface area contributed by atoms with Crippen LogP contribution in [0, 0.1) is 0 Å². The number of rotatable bonds is 6. The van der Waals surface area contributed by atoms with Crippen molar-refractivity contribution in [2.75, 3.05) is 19.4 Å². The highest BCUT2D eigenvalue weighted by atomic mass is 32.2. The highest BCUT2D eigenvalue weighted by molar-refractivity contribution is 7.89. The average Bonchev–Trinajstić information content (AvgIpc) is 2.66. The van der Waals surface area contributed by atoms with Gasteiger partial charge in [0, 0.05) is 25.3 Å². The van der Waals surface area contributed by atoms with Crippen molar-refractivity contribution in [1.82, 2.24) is 9.62 Å². The van der Waals surface area contributed by atoms with Crippen LogP contribution in [0.1, 0.15) is 22.8 Å². The smallest absolute Gasteiger partial charge is 0.345 e. The van der Waals surface area contributed by atoms with Crippen molar-refractivity contribution in [2.24, 2.45) is 0 Å². The zero-order valence-electron chi connectivity index (χ0n) is 16.3. The molecule has 7 nitrogen and oxygen atoms in total. The molecule has 30 heavy (non-hydrogen) atoms. The largest absolute Gasteiger partial charge is 0.417 e. The predicted molar refractivity (Wildman–Crippen MR) is 104 cm³/mol. The molecular formula is C19H20F3N3O4S. The molecule has 2 aromatic rings. The van der Waals surface area contributed by atoms with E-state index < -0.39 is 38.6 Å². The fraction of sp³-hybridized carbons (Fsp3) is 0.263. The van der Waals surface area contributed by atoms with Crippen molar-refractivity contribution in [3.63, 3.8) is 0 Å². The lowest BCUT2D eigenvalue weighted by molar-refractivity contribution is -0.139. The Bertz CT molecular complexity index is 1050. The van der Waals surface area contributed by atoms with E-state index in [-0.39, 0.29) is 11.6 Å². The van der Waals surface area contributed by atoms with E-state index in [1.807, 2.05) is 4.72 Å². The topological polar surface area (TPSA) is 95.6 Å². The van der Waals surface area contributed by atoms with E-state index in [1.165, 1.54) is 36.1 Å². The van der Waals surface area contributed by atoms with Gasteiger partial charge in [-0.05, 0) is 37.3 Å². The van der Waals surface area contributed by atoms with Gasteiger partial charge < -0.3 is 10.2 Å². The van der Waals surface area contributed by atoms with E-state index in [1.54, 1.807) is 14.1 Å². The first-order valence-corrected chi connectivity index (χ1v) is 10.1. The van der Waals surface area contributed by atoms with E-state index in [0.29, 0.717) is 11.6 Å². The van der Waals surface area contributed by atoms with Gasteiger partial charge in [-0.1, -0.05) is 18.2 Å². The molecule has 0 fully saturated rings. The summed E-state index contributed by atoms with van der Waals surface area (Å²) in [7, 11) is -1.52. The van der Waals surface area contributed by atoms with Gasteiger partial charge in [-0.15, -0.1) is 0 Å². The second-order valence-corrected chi connectivity index (χ2v) is 8.29. The molecule has 0 bridgehead atoms. The predicted octanol–water partition coefficient (Wildman–Crippen LogP) is 2.71. The van der Waals surface area contributed by atoms with Gasteiger partial charge in [0.25, 0.3) is 5.91 Å². The summed E-state index contributed by atoms with van der Waals surface area (Å²) >= 11 is 0. The number of benzene rings is 2. The van der Waals surface area contributed by atoms with Gasteiger partial charge in [-0.25, -0.2) is 8.42 Å². The van der Waals surface area contributed by atoms with Crippen LogP contribution >= 0.6 is 0 Å². The van der Waals surface area contributed by atoms with Crippen LogP contribution < -0.4 is 10.0 Å². The molecule has 0 aliphatic rings. The lowest BCUT2D eigenvalue weighted by Gasteiger charge is -2.17. The molecule has 2 rings (SSSR count). The molecule has 0 saturated heterocycles. The first-order valence-electron chi connectivity index (χ1n) is 8.64. The number of halogens is 3. The molecule has 0 aliphatic heterocycles. The third-order valence-corrected chi connectivity index (χ3v) is 5.59. The van der Waals surface area contributed by atoms with E-state index in [4.69, 9.17) is 0 Å². The summed E-state index contributed by atoms with van der Waals surface area (Å²) in [6, 6.07) is 8.26. The first kappa shape index (κ1) is 23.4. The van der Waals surface area contributed by atoms with Crippen LogP contribution in [0.3, 0.4) is 0 Å². The van der Waals surface area contributed by atoms with E-state index >= 15 is 0 Å². The summed E-state index contributed by atoms with van der Waals surface area (Å²) in [5, 5.41) is 2.44. The highest BCUT2D eigenvalue weighted by Gasteiger charge is 2.37. The molecule has 2 N–H and O–H groups in total. The molecule has 0 unspecified atom stereocenters. The first-order chi connectivity index (χ1) is 13.8. The second kappa shape index (κ2) is 8.84. The Morgan fingerprint density at radius 3 is 2.27 bits per heavy atom. The van der Waals surface area contributed by atoms with Crippen molar-refractivity contribution in [3.05, 3.63) is 59.7 Å². The lowest BCUT2D eigenvalue weighted by Crippen LogP contribution is -2.42. The SMILES string of the molecule is C[C@H](NS(=O)(=O)c1ccccc1C(F)(F)F)C(=O)Nc1cccc(C(=O)N(C)C)c1. The normalized spacial score (nSPS) is 12.9. The van der Waals surface area contributed by atoms with Crippen LogP contribution in [-0.4, -0.2) is 45.3 Å². The van der Waals surface area contributed by atoms with Crippen LogP contribution in [0.25, 0.3) is 0 Å². The Labute approximate surface area is 171 Å². The molecular weight excluding hydrogens is 423 g/mol. The number of anilines is 1. The summed E-state index contributed by atoms with van der Waals surface area (Å²) in [5.74, 6) is -1.11. The number of hydrogen-bond acceptors (Lipinski definition) is 4. The van der Waals surface area contributed by atoms with Gasteiger partial charge in [-0.3, -0.25) is 9.59 Å². The van der Waals surface area contributed by atoms with Crippen molar-refractivity contribution < 1.29 is 31.2 Å². The average molecular weight is 443 g/mol. The van der Waals surface area contributed by atoms with Crippen LogP contribution in [0.5, 0.6) is 0 Å². The molecule has 0 aromatic heterocycles. The van der Waals surface area contributed by atoms with Gasteiger partial charge in [0.1, 0.15) is 0 Å². The molecule has 0 spiro atoms. The number of sulfonamides is 1. The number of nitrogens with one attached hydrogen (secondary N) is 2. The Morgan fingerprint density at radius 2 is 1.67 bits per heavy atom. The number of alkyl halides is 3. The molecule has 162 valence electrons. The molecule has 11 heteroatoms. The quantitative estimate of drug-likeness (QED) is 0.718. The number of amides is 2. The van der Waals surface area contributed by atoms with Crippen molar-refractivity contribution in [3.8, 4) is 0 Å². The van der Waals surface area contributed by atoms with Crippen LogP contribution in [-0.2, 0) is 21.0 Å². The molecule has 2 aromatic carbocycles. The summed E-state index contributed by atoms with van der Waals surface area (Å²) in [5.41, 5.74) is -0.806. The van der Waals surface area contributed by atoms with Gasteiger partial charge in [0.05, 0.1) is 16.5 Å². The van der Waals surface area contributed by atoms with Crippen molar-refractivity contribution in [1.29, 1.82) is 0 Å². The van der Waals surface area contributed by atoms with E-state index in [2.05, 4.69) is 5.32 Å². The minimum absolute atomic E-state index is 0.231. The summed E-state index contributed by atoms with van der Waals surface area (Å²) in [4.78, 5) is 24.7. The standard InChI is InChI=1S/C19H20F3N3O4S/c1-12(17(26)23-14-8-6-7-13(11-14)18(27)25(2)3)24-30(28,29)16-10-5-4-9-15(16)19(20,21)22/h4-12,24H,1-3H3,(H,23,26)/t12-/m0/s1. The van der Waals surface area contributed by atoms with Gasteiger partial charge in [-0.2, -0.15) is 17.9 Å². The number of nitrogens with zero attached hydrogens (tertiary/aromatic N) is 1. The van der Waals surface area contributed by atoms with Crippen LogP contribution in [0.4, 0.5) is 18.9 Å². The monoisotopic (exact) mass is 443 g/mol. The maximum atomic E-state index is 13.1.